The number of amides is 2. The summed E-state index contributed by atoms with van der Waals surface area (Å²) in [7, 11) is 0. The molecule has 0 spiro atoms. The first-order chi connectivity index (χ1) is 9.09. The molecule has 1 fully saturated rings. The quantitative estimate of drug-likeness (QED) is 0.492. The normalized spacial score (nSPS) is 14.2. The van der Waals surface area contributed by atoms with Crippen LogP contribution in [-0.2, 0) is 9.59 Å². The minimum absolute atomic E-state index is 0.0325. The number of nitro benzene ring substituents is 1. The largest absolute Gasteiger partial charge is 0.334 e. The van der Waals surface area contributed by atoms with Crippen LogP contribution in [0.3, 0.4) is 0 Å². The third-order valence-electron chi connectivity index (χ3n) is 2.94. The van der Waals surface area contributed by atoms with Gasteiger partial charge in [-0.2, -0.15) is 0 Å². The van der Waals surface area contributed by atoms with Crippen LogP contribution in [0, 0.1) is 10.1 Å². The Labute approximate surface area is 109 Å². The van der Waals surface area contributed by atoms with Crippen molar-refractivity contribution < 1.29 is 14.5 Å². The molecule has 0 aromatic heterocycles. The highest BCUT2D eigenvalue weighted by Crippen LogP contribution is 2.23. The molecule has 2 rings (SSSR count). The lowest BCUT2D eigenvalue weighted by molar-refractivity contribution is -0.383. The highest BCUT2D eigenvalue weighted by Gasteiger charge is 2.26. The van der Waals surface area contributed by atoms with Gasteiger partial charge in [-0.15, -0.1) is 0 Å². The van der Waals surface area contributed by atoms with Gasteiger partial charge in [0.25, 0.3) is 5.69 Å². The number of nitro groups is 1. The Hall–Kier alpha value is -2.44. The molecule has 0 radical (unpaired) electrons. The Balaban J connectivity index is 2.10. The van der Waals surface area contributed by atoms with E-state index in [0.717, 1.165) is 12.8 Å². The Bertz CT molecular complexity index is 523. The summed E-state index contributed by atoms with van der Waals surface area (Å²) in [6, 6.07) is 5.72. The second kappa shape index (κ2) is 5.47. The molecule has 1 N–H and O–H groups in total. The van der Waals surface area contributed by atoms with Gasteiger partial charge in [-0.1, -0.05) is 12.1 Å². The number of rotatable bonds is 2. The van der Waals surface area contributed by atoms with Gasteiger partial charge < -0.3 is 10.2 Å². The number of benzene rings is 1. The van der Waals surface area contributed by atoms with Crippen molar-refractivity contribution in [2.45, 2.75) is 12.8 Å². The fraction of sp³-hybridized carbons (Fsp3) is 0.333. The van der Waals surface area contributed by atoms with Gasteiger partial charge in [0.05, 0.1) is 4.92 Å². The van der Waals surface area contributed by atoms with E-state index in [1.54, 1.807) is 6.07 Å². The fourth-order valence-corrected chi connectivity index (χ4v) is 1.98. The van der Waals surface area contributed by atoms with Crippen molar-refractivity contribution in [1.82, 2.24) is 4.90 Å². The van der Waals surface area contributed by atoms with Crippen LogP contribution in [-0.4, -0.2) is 34.7 Å². The predicted octanol–water partition coefficient (Wildman–Crippen LogP) is 1.16. The molecule has 0 atom stereocenters. The lowest BCUT2D eigenvalue weighted by Crippen LogP contribution is -2.37. The Morgan fingerprint density at radius 1 is 1.21 bits per heavy atom. The molecule has 0 aliphatic carbocycles. The van der Waals surface area contributed by atoms with E-state index in [1.165, 1.54) is 23.1 Å². The molecule has 1 aromatic carbocycles. The molecule has 1 saturated heterocycles. The van der Waals surface area contributed by atoms with E-state index in [-0.39, 0.29) is 11.4 Å². The topological polar surface area (TPSA) is 92.5 Å². The number of carbonyl (C=O) groups is 2. The molecule has 7 nitrogen and oxygen atoms in total. The van der Waals surface area contributed by atoms with Gasteiger partial charge >= 0.3 is 11.8 Å². The van der Waals surface area contributed by atoms with E-state index in [4.69, 9.17) is 0 Å². The molecule has 2 amide bonds. The molecule has 19 heavy (non-hydrogen) atoms. The number of hydrogen-bond acceptors (Lipinski definition) is 4. The Kier molecular flexibility index (Phi) is 3.74. The molecule has 1 aliphatic rings. The average molecular weight is 263 g/mol. The van der Waals surface area contributed by atoms with Crippen molar-refractivity contribution in [2.75, 3.05) is 18.4 Å². The van der Waals surface area contributed by atoms with Crippen LogP contribution in [0.15, 0.2) is 24.3 Å². The minimum atomic E-state index is -0.837. The summed E-state index contributed by atoms with van der Waals surface area (Å²) in [5.74, 6) is -1.48. The summed E-state index contributed by atoms with van der Waals surface area (Å²) in [6.07, 6.45) is 1.76. The van der Waals surface area contributed by atoms with E-state index >= 15 is 0 Å². The molecule has 1 heterocycles. The molecular formula is C12H13N3O4. The fourth-order valence-electron chi connectivity index (χ4n) is 1.98. The molecule has 1 aliphatic heterocycles. The van der Waals surface area contributed by atoms with Gasteiger partial charge in [0, 0.05) is 19.2 Å². The molecular weight excluding hydrogens is 250 g/mol. The predicted molar refractivity (Wildman–Crippen MR) is 67.5 cm³/mol. The number of nitrogens with one attached hydrogen (secondary N) is 1. The zero-order valence-corrected chi connectivity index (χ0v) is 10.2. The van der Waals surface area contributed by atoms with E-state index in [2.05, 4.69) is 5.32 Å². The first-order valence-corrected chi connectivity index (χ1v) is 5.93. The van der Waals surface area contributed by atoms with Crippen molar-refractivity contribution in [2.24, 2.45) is 0 Å². The number of hydrogen-bond donors (Lipinski definition) is 1. The Morgan fingerprint density at radius 2 is 1.84 bits per heavy atom. The summed E-state index contributed by atoms with van der Waals surface area (Å²) in [4.78, 5) is 35.2. The number of para-hydroxylation sites is 2. The number of carbonyl (C=O) groups excluding carboxylic acids is 2. The summed E-state index contributed by atoms with van der Waals surface area (Å²) < 4.78 is 0. The standard InChI is InChI=1S/C12H13N3O4/c16-11(12(17)14-7-3-4-8-14)13-9-5-1-2-6-10(9)15(18)19/h1-2,5-6H,3-4,7-8H2,(H,13,16). The first-order valence-electron chi connectivity index (χ1n) is 5.93. The molecule has 7 heteroatoms. The van der Waals surface area contributed by atoms with Crippen LogP contribution in [0.25, 0.3) is 0 Å². The maximum atomic E-state index is 11.8. The Morgan fingerprint density at radius 3 is 2.47 bits per heavy atom. The number of anilines is 1. The SMILES string of the molecule is O=C(Nc1ccccc1[N+](=O)[O-])C(=O)N1CCCC1. The lowest BCUT2D eigenvalue weighted by atomic mass is 10.2. The van der Waals surface area contributed by atoms with E-state index in [9.17, 15) is 19.7 Å². The van der Waals surface area contributed by atoms with Crippen molar-refractivity contribution in [3.63, 3.8) is 0 Å². The summed E-state index contributed by atoms with van der Waals surface area (Å²) >= 11 is 0. The molecule has 100 valence electrons. The summed E-state index contributed by atoms with van der Waals surface area (Å²) in [6.45, 7) is 1.12. The van der Waals surface area contributed by atoms with Gasteiger partial charge in [-0.05, 0) is 18.9 Å². The second-order valence-corrected chi connectivity index (χ2v) is 4.23. The number of likely N-dealkylation sites (tertiary alicyclic amines) is 1. The van der Waals surface area contributed by atoms with Crippen molar-refractivity contribution in [1.29, 1.82) is 0 Å². The van der Waals surface area contributed by atoms with Crippen LogP contribution in [0.5, 0.6) is 0 Å². The van der Waals surface area contributed by atoms with Gasteiger partial charge in [0.2, 0.25) is 0 Å². The molecule has 1 aromatic rings. The maximum Gasteiger partial charge on any atom is 0.314 e. The van der Waals surface area contributed by atoms with Gasteiger partial charge in [-0.25, -0.2) is 0 Å². The smallest absolute Gasteiger partial charge is 0.314 e. The van der Waals surface area contributed by atoms with Crippen molar-refractivity contribution in [3.8, 4) is 0 Å². The molecule has 0 bridgehead atoms. The maximum absolute atomic E-state index is 11.8. The molecule has 0 unspecified atom stereocenters. The van der Waals surface area contributed by atoms with Crippen molar-refractivity contribution >= 4 is 23.2 Å². The van der Waals surface area contributed by atoms with E-state index in [0.29, 0.717) is 13.1 Å². The van der Waals surface area contributed by atoms with Crippen LogP contribution in [0.4, 0.5) is 11.4 Å². The zero-order chi connectivity index (χ0) is 13.8. The summed E-state index contributed by atoms with van der Waals surface area (Å²) in [5.41, 5.74) is -0.199. The monoisotopic (exact) mass is 263 g/mol. The first kappa shape index (κ1) is 13.0. The van der Waals surface area contributed by atoms with Crippen LogP contribution in [0.2, 0.25) is 0 Å². The van der Waals surface area contributed by atoms with Crippen LogP contribution >= 0.6 is 0 Å². The highest BCUT2D eigenvalue weighted by molar-refractivity contribution is 6.39. The van der Waals surface area contributed by atoms with Gasteiger partial charge in [0.15, 0.2) is 0 Å². The lowest BCUT2D eigenvalue weighted by Gasteiger charge is -2.14. The third kappa shape index (κ3) is 2.87. The van der Waals surface area contributed by atoms with Crippen molar-refractivity contribution in [3.05, 3.63) is 34.4 Å². The minimum Gasteiger partial charge on any atom is -0.334 e. The van der Waals surface area contributed by atoms with Crippen LogP contribution in [0.1, 0.15) is 12.8 Å². The van der Waals surface area contributed by atoms with Gasteiger partial charge in [-0.3, -0.25) is 19.7 Å². The average Bonchev–Trinajstić information content (AvgIpc) is 2.92. The third-order valence-corrected chi connectivity index (χ3v) is 2.94. The van der Waals surface area contributed by atoms with E-state index in [1.807, 2.05) is 0 Å². The zero-order valence-electron chi connectivity index (χ0n) is 10.2. The summed E-state index contributed by atoms with van der Waals surface area (Å²) in [5, 5.41) is 13.1. The highest BCUT2D eigenvalue weighted by atomic mass is 16.6. The molecule has 0 saturated carbocycles. The second-order valence-electron chi connectivity index (χ2n) is 4.23. The van der Waals surface area contributed by atoms with Crippen LogP contribution < -0.4 is 5.32 Å². The number of nitrogens with zero attached hydrogens (tertiary/aromatic N) is 2. The van der Waals surface area contributed by atoms with E-state index < -0.39 is 16.7 Å². The van der Waals surface area contributed by atoms with Gasteiger partial charge in [0.1, 0.15) is 5.69 Å².